The first-order valence-electron chi connectivity index (χ1n) is 7.27. The van der Waals surface area contributed by atoms with Crippen LogP contribution in [-0.2, 0) is 0 Å². The fourth-order valence-electron chi connectivity index (χ4n) is 2.40. The molecule has 1 aromatic carbocycles. The lowest BCUT2D eigenvalue weighted by Crippen LogP contribution is -2.27. The van der Waals surface area contributed by atoms with Crippen molar-refractivity contribution in [2.45, 2.75) is 51.7 Å². The monoisotopic (exact) mass is 278 g/mol. The molecule has 1 atom stereocenters. The lowest BCUT2D eigenvalue weighted by Gasteiger charge is -2.24. The third kappa shape index (κ3) is 3.28. The van der Waals surface area contributed by atoms with Crippen LogP contribution in [0.15, 0.2) is 18.2 Å². The van der Waals surface area contributed by atoms with Crippen LogP contribution >= 0.6 is 0 Å². The van der Waals surface area contributed by atoms with Crippen LogP contribution < -0.4 is 4.90 Å². The second-order valence-electron chi connectivity index (χ2n) is 5.46. The van der Waals surface area contributed by atoms with Gasteiger partial charge in [0.05, 0.1) is 11.0 Å². The Hall–Kier alpha value is -1.62. The van der Waals surface area contributed by atoms with Crippen LogP contribution in [0.5, 0.6) is 0 Å². The van der Waals surface area contributed by atoms with E-state index in [1.165, 1.54) is 6.07 Å². The lowest BCUT2D eigenvalue weighted by atomic mass is 10.1. The lowest BCUT2D eigenvalue weighted by molar-refractivity contribution is -0.384. The normalized spacial score (nSPS) is 15.9. The highest BCUT2D eigenvalue weighted by atomic mass is 16.6. The molecule has 1 aliphatic carbocycles. The van der Waals surface area contributed by atoms with Crippen molar-refractivity contribution in [3.63, 3.8) is 0 Å². The Morgan fingerprint density at radius 2 is 2.20 bits per heavy atom. The number of nitro groups is 1. The molecular formula is C15H22N2O3. The van der Waals surface area contributed by atoms with Gasteiger partial charge in [0.2, 0.25) is 0 Å². The maximum atomic E-state index is 11.3. The van der Waals surface area contributed by atoms with E-state index in [1.54, 1.807) is 19.1 Å². The topological polar surface area (TPSA) is 66.6 Å². The summed E-state index contributed by atoms with van der Waals surface area (Å²) in [5.74, 6) is 0. The highest BCUT2D eigenvalue weighted by Crippen LogP contribution is 2.38. The largest absolute Gasteiger partial charge is 0.389 e. The van der Waals surface area contributed by atoms with E-state index >= 15 is 0 Å². The fourth-order valence-corrected chi connectivity index (χ4v) is 2.40. The van der Waals surface area contributed by atoms with E-state index in [-0.39, 0.29) is 10.6 Å². The van der Waals surface area contributed by atoms with Crippen LogP contribution in [-0.4, -0.2) is 22.6 Å². The molecule has 1 unspecified atom stereocenters. The number of aliphatic hydroxyl groups is 1. The smallest absolute Gasteiger partial charge is 0.292 e. The Kier molecular flexibility index (Phi) is 4.60. The molecule has 0 amide bonds. The maximum absolute atomic E-state index is 11.3. The summed E-state index contributed by atoms with van der Waals surface area (Å²) in [5, 5.41) is 20.9. The second-order valence-corrected chi connectivity index (χ2v) is 5.46. The summed E-state index contributed by atoms with van der Waals surface area (Å²) in [6.45, 7) is 4.60. The predicted molar refractivity (Wildman–Crippen MR) is 79.0 cm³/mol. The molecule has 0 aliphatic heterocycles. The molecule has 5 heteroatoms. The van der Waals surface area contributed by atoms with E-state index in [0.29, 0.717) is 17.3 Å². The first kappa shape index (κ1) is 14.8. The van der Waals surface area contributed by atoms with Crippen LogP contribution in [0.4, 0.5) is 11.4 Å². The molecule has 0 bridgehead atoms. The van der Waals surface area contributed by atoms with E-state index in [9.17, 15) is 15.2 Å². The van der Waals surface area contributed by atoms with Crippen LogP contribution in [0.3, 0.4) is 0 Å². The van der Waals surface area contributed by atoms with E-state index in [2.05, 4.69) is 11.8 Å². The zero-order valence-electron chi connectivity index (χ0n) is 12.1. The summed E-state index contributed by atoms with van der Waals surface area (Å²) in [6, 6.07) is 5.52. The molecule has 1 aromatic rings. The van der Waals surface area contributed by atoms with Crippen molar-refractivity contribution in [1.29, 1.82) is 0 Å². The Morgan fingerprint density at radius 1 is 1.50 bits per heavy atom. The third-order valence-corrected chi connectivity index (χ3v) is 3.73. The summed E-state index contributed by atoms with van der Waals surface area (Å²) in [7, 11) is 0. The summed E-state index contributed by atoms with van der Waals surface area (Å²) in [6.07, 6.45) is 3.64. The van der Waals surface area contributed by atoms with E-state index in [0.717, 1.165) is 32.2 Å². The average molecular weight is 278 g/mol. The van der Waals surface area contributed by atoms with E-state index < -0.39 is 6.10 Å². The van der Waals surface area contributed by atoms with E-state index in [1.807, 2.05) is 0 Å². The van der Waals surface area contributed by atoms with Crippen molar-refractivity contribution in [1.82, 2.24) is 0 Å². The minimum atomic E-state index is -0.687. The Morgan fingerprint density at radius 3 is 2.70 bits per heavy atom. The predicted octanol–water partition coefficient (Wildman–Crippen LogP) is 3.42. The zero-order chi connectivity index (χ0) is 14.7. The first-order valence-corrected chi connectivity index (χ1v) is 7.27. The number of aliphatic hydroxyl groups excluding tert-OH is 1. The maximum Gasteiger partial charge on any atom is 0.292 e. The minimum absolute atomic E-state index is 0.103. The molecule has 0 spiro atoms. The molecule has 0 radical (unpaired) electrons. The van der Waals surface area contributed by atoms with E-state index in [4.69, 9.17) is 0 Å². The van der Waals surface area contributed by atoms with Gasteiger partial charge in [0.25, 0.3) is 5.69 Å². The number of nitrogens with zero attached hydrogens (tertiary/aromatic N) is 2. The number of anilines is 1. The van der Waals surface area contributed by atoms with Gasteiger partial charge in [-0.3, -0.25) is 10.1 Å². The van der Waals surface area contributed by atoms with Crippen molar-refractivity contribution in [3.05, 3.63) is 33.9 Å². The van der Waals surface area contributed by atoms with Gasteiger partial charge in [-0.05, 0) is 37.8 Å². The molecule has 1 aliphatic rings. The molecular weight excluding hydrogens is 256 g/mol. The molecule has 1 N–H and O–H groups in total. The van der Waals surface area contributed by atoms with Crippen molar-refractivity contribution in [2.24, 2.45) is 0 Å². The Labute approximate surface area is 119 Å². The van der Waals surface area contributed by atoms with Gasteiger partial charge in [-0.1, -0.05) is 19.4 Å². The van der Waals surface area contributed by atoms with Crippen molar-refractivity contribution in [3.8, 4) is 0 Å². The molecule has 2 rings (SSSR count). The van der Waals surface area contributed by atoms with Gasteiger partial charge < -0.3 is 10.0 Å². The molecule has 20 heavy (non-hydrogen) atoms. The van der Waals surface area contributed by atoms with Gasteiger partial charge in [0.15, 0.2) is 0 Å². The number of hydrogen-bond acceptors (Lipinski definition) is 4. The van der Waals surface area contributed by atoms with Crippen LogP contribution in [0.1, 0.15) is 51.2 Å². The highest BCUT2D eigenvalue weighted by molar-refractivity contribution is 5.65. The van der Waals surface area contributed by atoms with Crippen molar-refractivity contribution < 1.29 is 10.0 Å². The zero-order valence-corrected chi connectivity index (χ0v) is 12.1. The molecule has 0 aromatic heterocycles. The summed E-state index contributed by atoms with van der Waals surface area (Å²) in [5.41, 5.74) is 1.38. The Bertz CT molecular complexity index is 484. The Balaban J connectivity index is 2.34. The minimum Gasteiger partial charge on any atom is -0.389 e. The SMILES string of the molecule is CCCCN(c1ccc(C(C)O)cc1[N+](=O)[O-])C1CC1. The number of hydrogen-bond donors (Lipinski definition) is 1. The number of rotatable bonds is 7. The number of nitro benzene ring substituents is 1. The molecule has 1 fully saturated rings. The third-order valence-electron chi connectivity index (χ3n) is 3.73. The standard InChI is InChI=1S/C15H22N2O3/c1-3-4-9-16(13-6-7-13)14-8-5-12(11(2)18)10-15(14)17(19)20/h5,8,10-11,13,18H,3-4,6-7,9H2,1-2H3. The number of unbranched alkanes of at least 4 members (excludes halogenated alkanes) is 1. The van der Waals surface area contributed by atoms with Gasteiger partial charge in [0, 0.05) is 18.7 Å². The van der Waals surface area contributed by atoms with Gasteiger partial charge >= 0.3 is 0 Å². The van der Waals surface area contributed by atoms with Gasteiger partial charge in [-0.2, -0.15) is 0 Å². The molecule has 0 heterocycles. The molecule has 5 nitrogen and oxygen atoms in total. The van der Waals surface area contributed by atoms with Crippen LogP contribution in [0, 0.1) is 10.1 Å². The second kappa shape index (κ2) is 6.22. The van der Waals surface area contributed by atoms with Gasteiger partial charge in [-0.25, -0.2) is 0 Å². The van der Waals surface area contributed by atoms with Gasteiger partial charge in [0.1, 0.15) is 5.69 Å². The number of benzene rings is 1. The summed E-state index contributed by atoms with van der Waals surface area (Å²) < 4.78 is 0. The highest BCUT2D eigenvalue weighted by Gasteiger charge is 2.32. The molecule has 110 valence electrons. The molecule has 1 saturated carbocycles. The average Bonchev–Trinajstić information content (AvgIpc) is 3.23. The summed E-state index contributed by atoms with van der Waals surface area (Å²) in [4.78, 5) is 13.1. The fraction of sp³-hybridized carbons (Fsp3) is 0.600. The van der Waals surface area contributed by atoms with Crippen molar-refractivity contribution in [2.75, 3.05) is 11.4 Å². The summed E-state index contributed by atoms with van der Waals surface area (Å²) >= 11 is 0. The van der Waals surface area contributed by atoms with Crippen LogP contribution in [0.2, 0.25) is 0 Å². The van der Waals surface area contributed by atoms with Crippen molar-refractivity contribution >= 4 is 11.4 Å². The quantitative estimate of drug-likeness (QED) is 0.613. The van der Waals surface area contributed by atoms with Gasteiger partial charge in [-0.15, -0.1) is 0 Å². The van der Waals surface area contributed by atoms with Crippen LogP contribution in [0.25, 0.3) is 0 Å². The first-order chi connectivity index (χ1) is 9.54. The molecule has 0 saturated heterocycles.